The van der Waals surface area contributed by atoms with E-state index in [2.05, 4.69) is 17.9 Å². The van der Waals surface area contributed by atoms with Crippen LogP contribution >= 0.6 is 34.2 Å². The van der Waals surface area contributed by atoms with E-state index in [0.717, 1.165) is 5.88 Å². The molecule has 1 unspecified atom stereocenters. The standard InChI is InChI=1S/C2H5NS3/c4-2-3-1-5-6-2/h2-4H,1H2. The molecule has 1 N–H and O–H groups in total. The molecular formula is C2H5NS3. The summed E-state index contributed by atoms with van der Waals surface area (Å²) in [6.45, 7) is 0. The van der Waals surface area contributed by atoms with Crippen molar-refractivity contribution in [3.63, 3.8) is 0 Å². The van der Waals surface area contributed by atoms with Gasteiger partial charge in [0.1, 0.15) is 4.71 Å². The lowest BCUT2D eigenvalue weighted by atomic mass is 11.2. The fourth-order valence-corrected chi connectivity index (χ4v) is 2.69. The summed E-state index contributed by atoms with van der Waals surface area (Å²) in [6.07, 6.45) is 0. The third kappa shape index (κ3) is 1.26. The van der Waals surface area contributed by atoms with Crippen LogP contribution in [0, 0.1) is 0 Å². The van der Waals surface area contributed by atoms with Crippen LogP contribution < -0.4 is 5.32 Å². The van der Waals surface area contributed by atoms with E-state index in [1.54, 1.807) is 10.8 Å². The largest absolute Gasteiger partial charge is 0.286 e. The average molecular weight is 139 g/mol. The van der Waals surface area contributed by atoms with Gasteiger partial charge in [0.05, 0.1) is 5.88 Å². The molecule has 0 aromatic carbocycles. The molecule has 1 saturated heterocycles. The third-order valence-corrected chi connectivity index (χ3v) is 3.51. The molecule has 4 heteroatoms. The first-order valence-corrected chi connectivity index (χ1v) is 4.49. The van der Waals surface area contributed by atoms with Crippen LogP contribution in [0.25, 0.3) is 0 Å². The smallest absolute Gasteiger partial charge is 0.108 e. The minimum Gasteiger partial charge on any atom is -0.286 e. The Morgan fingerprint density at radius 2 is 2.67 bits per heavy atom. The molecule has 0 radical (unpaired) electrons. The molecule has 1 aliphatic heterocycles. The van der Waals surface area contributed by atoms with Crippen LogP contribution in [-0.4, -0.2) is 10.6 Å². The lowest BCUT2D eigenvalue weighted by molar-refractivity contribution is 0.927. The van der Waals surface area contributed by atoms with E-state index in [1.807, 2.05) is 10.8 Å². The molecule has 1 heterocycles. The Hall–Kier alpha value is 1.01. The summed E-state index contributed by atoms with van der Waals surface area (Å²) in [4.78, 5) is 0. The van der Waals surface area contributed by atoms with Gasteiger partial charge < -0.3 is 0 Å². The molecule has 0 aliphatic carbocycles. The highest BCUT2D eigenvalue weighted by Gasteiger charge is 2.08. The van der Waals surface area contributed by atoms with Gasteiger partial charge in [0.25, 0.3) is 0 Å². The second kappa shape index (κ2) is 2.35. The fourth-order valence-electron chi connectivity index (χ4n) is 0.238. The van der Waals surface area contributed by atoms with E-state index in [4.69, 9.17) is 0 Å². The van der Waals surface area contributed by atoms with E-state index in [1.165, 1.54) is 0 Å². The Balaban J connectivity index is 2.18. The molecule has 0 aromatic rings. The number of thiol groups is 1. The third-order valence-electron chi connectivity index (χ3n) is 0.476. The lowest BCUT2D eigenvalue weighted by Crippen LogP contribution is -2.11. The topological polar surface area (TPSA) is 12.0 Å². The second-order valence-electron chi connectivity index (χ2n) is 0.915. The molecule has 1 rings (SSSR count). The van der Waals surface area contributed by atoms with Gasteiger partial charge in [-0.15, -0.1) is 12.6 Å². The zero-order valence-corrected chi connectivity index (χ0v) is 5.58. The summed E-state index contributed by atoms with van der Waals surface area (Å²) in [7, 11) is 3.58. The molecule has 0 spiro atoms. The minimum atomic E-state index is 0.370. The van der Waals surface area contributed by atoms with Gasteiger partial charge in [0, 0.05) is 0 Å². The molecule has 0 saturated carbocycles. The van der Waals surface area contributed by atoms with Crippen LogP contribution in [0.3, 0.4) is 0 Å². The Morgan fingerprint density at radius 1 is 1.83 bits per heavy atom. The summed E-state index contributed by atoms with van der Waals surface area (Å²) < 4.78 is 0.370. The second-order valence-corrected chi connectivity index (χ2v) is 4.25. The number of rotatable bonds is 0. The van der Waals surface area contributed by atoms with Crippen molar-refractivity contribution in [1.82, 2.24) is 5.32 Å². The van der Waals surface area contributed by atoms with Gasteiger partial charge in [-0.3, -0.25) is 5.32 Å². The summed E-state index contributed by atoms with van der Waals surface area (Å²) >= 11 is 4.12. The van der Waals surface area contributed by atoms with Gasteiger partial charge in [0.2, 0.25) is 0 Å². The quantitative estimate of drug-likeness (QED) is 0.386. The first-order chi connectivity index (χ1) is 2.89. The lowest BCUT2D eigenvalue weighted by Gasteiger charge is -1.91. The summed E-state index contributed by atoms with van der Waals surface area (Å²) in [5, 5.41) is 3.11. The Kier molecular flexibility index (Phi) is 2.02. The van der Waals surface area contributed by atoms with Crippen LogP contribution in [0.15, 0.2) is 0 Å². The van der Waals surface area contributed by atoms with Gasteiger partial charge in [-0.25, -0.2) is 0 Å². The minimum absolute atomic E-state index is 0.370. The normalized spacial score (nSPS) is 34.5. The predicted octanol–water partition coefficient (Wildman–Crippen LogP) is 1.14. The van der Waals surface area contributed by atoms with Crippen molar-refractivity contribution in [3.8, 4) is 0 Å². The summed E-state index contributed by atoms with van der Waals surface area (Å²) in [5.74, 6) is 1.04. The first kappa shape index (κ1) is 5.15. The number of hydrogen-bond acceptors (Lipinski definition) is 4. The van der Waals surface area contributed by atoms with Crippen molar-refractivity contribution in [1.29, 1.82) is 0 Å². The van der Waals surface area contributed by atoms with Crippen LogP contribution in [0.1, 0.15) is 0 Å². The maximum Gasteiger partial charge on any atom is 0.108 e. The van der Waals surface area contributed by atoms with Gasteiger partial charge in [-0.1, -0.05) is 21.6 Å². The maximum absolute atomic E-state index is 4.12. The summed E-state index contributed by atoms with van der Waals surface area (Å²) in [5.41, 5.74) is 0. The van der Waals surface area contributed by atoms with E-state index in [9.17, 15) is 0 Å². The molecule has 36 valence electrons. The zero-order chi connectivity index (χ0) is 4.41. The molecule has 6 heavy (non-hydrogen) atoms. The predicted molar refractivity (Wildman–Crippen MR) is 36.0 cm³/mol. The van der Waals surface area contributed by atoms with Crippen molar-refractivity contribution < 1.29 is 0 Å². The van der Waals surface area contributed by atoms with E-state index in [-0.39, 0.29) is 0 Å². The van der Waals surface area contributed by atoms with Crippen molar-refractivity contribution in [3.05, 3.63) is 0 Å². The molecular weight excluding hydrogens is 134 g/mol. The van der Waals surface area contributed by atoms with Crippen LogP contribution in [0.5, 0.6) is 0 Å². The molecule has 0 bridgehead atoms. The highest BCUT2D eigenvalue weighted by Crippen LogP contribution is 2.31. The molecule has 1 atom stereocenters. The van der Waals surface area contributed by atoms with E-state index < -0.39 is 0 Å². The molecule has 0 aromatic heterocycles. The van der Waals surface area contributed by atoms with Crippen molar-refractivity contribution in [2.45, 2.75) is 4.71 Å². The van der Waals surface area contributed by atoms with E-state index in [0.29, 0.717) is 4.71 Å². The molecule has 1 nitrogen and oxygen atoms in total. The molecule has 1 aliphatic rings. The summed E-state index contributed by atoms with van der Waals surface area (Å²) in [6, 6.07) is 0. The monoisotopic (exact) mass is 139 g/mol. The maximum atomic E-state index is 4.12. The highest BCUT2D eigenvalue weighted by molar-refractivity contribution is 8.78. The van der Waals surface area contributed by atoms with Crippen LogP contribution in [0.4, 0.5) is 0 Å². The number of nitrogens with one attached hydrogen (secondary N) is 1. The Bertz CT molecular complexity index is 42.1. The highest BCUT2D eigenvalue weighted by atomic mass is 33.1. The van der Waals surface area contributed by atoms with E-state index >= 15 is 0 Å². The van der Waals surface area contributed by atoms with Crippen molar-refractivity contribution >= 4 is 34.2 Å². The average Bonchev–Trinajstić information content (AvgIpc) is 1.86. The van der Waals surface area contributed by atoms with Gasteiger partial charge in [-0.2, -0.15) is 0 Å². The van der Waals surface area contributed by atoms with Crippen molar-refractivity contribution in [2.75, 3.05) is 5.88 Å². The van der Waals surface area contributed by atoms with Crippen LogP contribution in [-0.2, 0) is 0 Å². The number of hydrogen-bond donors (Lipinski definition) is 2. The molecule has 1 fully saturated rings. The fraction of sp³-hybridized carbons (Fsp3) is 1.00. The Labute approximate surface area is 50.4 Å². The Morgan fingerprint density at radius 3 is 2.83 bits per heavy atom. The van der Waals surface area contributed by atoms with Gasteiger partial charge >= 0.3 is 0 Å². The first-order valence-electron chi connectivity index (χ1n) is 1.59. The zero-order valence-electron chi connectivity index (χ0n) is 3.05. The van der Waals surface area contributed by atoms with Crippen molar-refractivity contribution in [2.24, 2.45) is 0 Å². The molecule has 0 amide bonds. The van der Waals surface area contributed by atoms with Gasteiger partial charge in [0.15, 0.2) is 0 Å². The van der Waals surface area contributed by atoms with Gasteiger partial charge in [-0.05, 0) is 0 Å². The SMILES string of the molecule is SC1NCSS1. The van der Waals surface area contributed by atoms with Crippen LogP contribution in [0.2, 0.25) is 0 Å².